The Morgan fingerprint density at radius 2 is 1.79 bits per heavy atom. The molecular formula is C11H23BrN2. The highest BCUT2D eigenvalue weighted by Crippen LogP contribution is 2.47. The lowest BCUT2D eigenvalue weighted by Gasteiger charge is -2.22. The van der Waals surface area contributed by atoms with Crippen molar-refractivity contribution in [1.82, 2.24) is 9.80 Å². The third-order valence-corrected chi connectivity index (χ3v) is 4.18. The van der Waals surface area contributed by atoms with Crippen LogP contribution < -0.4 is 0 Å². The van der Waals surface area contributed by atoms with Gasteiger partial charge in [-0.1, -0.05) is 15.9 Å². The average Bonchev–Trinajstić information content (AvgIpc) is 2.85. The number of hydrogen-bond donors (Lipinski definition) is 0. The van der Waals surface area contributed by atoms with Gasteiger partial charge in [0, 0.05) is 11.9 Å². The first-order valence-electron chi connectivity index (χ1n) is 5.47. The highest BCUT2D eigenvalue weighted by atomic mass is 79.9. The molecule has 1 saturated carbocycles. The van der Waals surface area contributed by atoms with E-state index in [4.69, 9.17) is 0 Å². The van der Waals surface area contributed by atoms with Gasteiger partial charge in [0.2, 0.25) is 0 Å². The molecule has 1 aliphatic rings. The third-order valence-electron chi connectivity index (χ3n) is 2.99. The van der Waals surface area contributed by atoms with Crippen LogP contribution in [0.3, 0.4) is 0 Å². The van der Waals surface area contributed by atoms with E-state index in [2.05, 4.69) is 46.9 Å². The fourth-order valence-corrected chi connectivity index (χ4v) is 2.56. The van der Waals surface area contributed by atoms with Crippen molar-refractivity contribution in [3.63, 3.8) is 0 Å². The normalized spacial score (nSPS) is 19.3. The second kappa shape index (κ2) is 5.47. The molecule has 0 unspecified atom stereocenters. The Kier molecular flexibility index (Phi) is 4.88. The zero-order valence-corrected chi connectivity index (χ0v) is 11.3. The molecule has 84 valence electrons. The Bertz CT molecular complexity index is 167. The summed E-state index contributed by atoms with van der Waals surface area (Å²) in [4.78, 5) is 4.74. The summed E-state index contributed by atoms with van der Waals surface area (Å²) in [7, 11) is 6.53. The average molecular weight is 263 g/mol. The molecule has 1 rings (SSSR count). The molecule has 1 fully saturated rings. The number of halogens is 1. The van der Waals surface area contributed by atoms with Gasteiger partial charge in [-0.25, -0.2) is 0 Å². The summed E-state index contributed by atoms with van der Waals surface area (Å²) in [6.07, 6.45) is 4.11. The van der Waals surface area contributed by atoms with Crippen molar-refractivity contribution in [1.29, 1.82) is 0 Å². The van der Waals surface area contributed by atoms with E-state index in [-0.39, 0.29) is 0 Å². The molecule has 0 saturated heterocycles. The van der Waals surface area contributed by atoms with Crippen LogP contribution in [0.25, 0.3) is 0 Å². The molecule has 1 aliphatic carbocycles. The van der Waals surface area contributed by atoms with Crippen LogP contribution in [0.5, 0.6) is 0 Å². The second-order valence-electron chi connectivity index (χ2n) is 5.03. The predicted molar refractivity (Wildman–Crippen MR) is 66.1 cm³/mol. The minimum Gasteiger partial charge on any atom is -0.309 e. The lowest BCUT2D eigenvalue weighted by Crippen LogP contribution is -2.30. The smallest absolute Gasteiger partial charge is 0.0100 e. The highest BCUT2D eigenvalue weighted by molar-refractivity contribution is 9.09. The van der Waals surface area contributed by atoms with Crippen LogP contribution in [0, 0.1) is 5.41 Å². The Morgan fingerprint density at radius 3 is 2.21 bits per heavy atom. The van der Waals surface area contributed by atoms with Crippen LogP contribution in [0.2, 0.25) is 0 Å². The molecule has 2 nitrogen and oxygen atoms in total. The maximum Gasteiger partial charge on any atom is 0.0100 e. The molecule has 0 bridgehead atoms. The quantitative estimate of drug-likeness (QED) is 0.649. The number of rotatable bonds is 7. The van der Waals surface area contributed by atoms with Crippen molar-refractivity contribution < 1.29 is 0 Å². The van der Waals surface area contributed by atoms with Crippen molar-refractivity contribution in [2.75, 3.05) is 46.1 Å². The molecule has 0 heterocycles. The molecule has 0 aromatic rings. The van der Waals surface area contributed by atoms with Crippen molar-refractivity contribution in [2.45, 2.75) is 19.3 Å². The lowest BCUT2D eigenvalue weighted by atomic mass is 10.1. The number of alkyl halides is 1. The van der Waals surface area contributed by atoms with Gasteiger partial charge in [-0.2, -0.15) is 0 Å². The monoisotopic (exact) mass is 262 g/mol. The molecule has 0 N–H and O–H groups in total. The zero-order chi connectivity index (χ0) is 10.6. The minimum absolute atomic E-state index is 0.632. The number of hydrogen-bond acceptors (Lipinski definition) is 2. The van der Waals surface area contributed by atoms with Crippen LogP contribution in [0.15, 0.2) is 0 Å². The van der Waals surface area contributed by atoms with Crippen molar-refractivity contribution in [2.24, 2.45) is 5.41 Å². The second-order valence-corrected chi connectivity index (χ2v) is 5.59. The van der Waals surface area contributed by atoms with Crippen LogP contribution in [0.4, 0.5) is 0 Å². The van der Waals surface area contributed by atoms with E-state index in [1.165, 1.54) is 44.2 Å². The van der Waals surface area contributed by atoms with Gasteiger partial charge in [-0.05, 0) is 58.9 Å². The van der Waals surface area contributed by atoms with Gasteiger partial charge in [-0.15, -0.1) is 0 Å². The summed E-state index contributed by atoms with van der Waals surface area (Å²) in [5.74, 6) is 0. The number of nitrogens with zero attached hydrogens (tertiary/aromatic N) is 2. The lowest BCUT2D eigenvalue weighted by molar-refractivity contribution is 0.260. The standard InChI is InChI=1S/C11H23BrN2/c1-13(2)7-4-8-14(3)10-11(9-12)5-6-11/h4-10H2,1-3H3. The van der Waals surface area contributed by atoms with Gasteiger partial charge in [0.25, 0.3) is 0 Å². The Balaban J connectivity index is 2.07. The summed E-state index contributed by atoms with van der Waals surface area (Å²) in [5, 5.41) is 1.18. The van der Waals surface area contributed by atoms with Gasteiger partial charge < -0.3 is 9.80 Å². The van der Waals surface area contributed by atoms with Gasteiger partial charge in [0.15, 0.2) is 0 Å². The molecule has 0 radical (unpaired) electrons. The molecule has 0 amide bonds. The topological polar surface area (TPSA) is 6.48 Å². The van der Waals surface area contributed by atoms with Crippen LogP contribution in [-0.4, -0.2) is 55.9 Å². The van der Waals surface area contributed by atoms with Gasteiger partial charge in [0.1, 0.15) is 0 Å². The molecule has 0 atom stereocenters. The van der Waals surface area contributed by atoms with Crippen molar-refractivity contribution in [3.05, 3.63) is 0 Å². The first kappa shape index (κ1) is 12.5. The van der Waals surface area contributed by atoms with Gasteiger partial charge in [0.05, 0.1) is 0 Å². The molecule has 0 aromatic carbocycles. The Morgan fingerprint density at radius 1 is 1.14 bits per heavy atom. The van der Waals surface area contributed by atoms with Crippen LogP contribution in [0.1, 0.15) is 19.3 Å². The third kappa shape index (κ3) is 4.28. The summed E-state index contributed by atoms with van der Waals surface area (Å²) < 4.78 is 0. The van der Waals surface area contributed by atoms with E-state index in [0.717, 1.165) is 0 Å². The Hall–Kier alpha value is 0.400. The largest absolute Gasteiger partial charge is 0.309 e. The first-order chi connectivity index (χ1) is 6.58. The van der Waals surface area contributed by atoms with Crippen molar-refractivity contribution >= 4 is 15.9 Å². The SMILES string of the molecule is CN(C)CCCN(C)CC1(CBr)CC1. The van der Waals surface area contributed by atoms with E-state index in [1.807, 2.05) is 0 Å². The summed E-state index contributed by atoms with van der Waals surface area (Å²) in [6.45, 7) is 3.70. The van der Waals surface area contributed by atoms with Crippen LogP contribution >= 0.6 is 15.9 Å². The van der Waals surface area contributed by atoms with E-state index in [1.54, 1.807) is 0 Å². The predicted octanol–water partition coefficient (Wildman–Crippen LogP) is 2.04. The van der Waals surface area contributed by atoms with Gasteiger partial charge in [-0.3, -0.25) is 0 Å². The van der Waals surface area contributed by atoms with Crippen molar-refractivity contribution in [3.8, 4) is 0 Å². The highest BCUT2D eigenvalue weighted by Gasteiger charge is 2.41. The van der Waals surface area contributed by atoms with Gasteiger partial charge >= 0.3 is 0 Å². The van der Waals surface area contributed by atoms with E-state index in [0.29, 0.717) is 5.41 Å². The first-order valence-corrected chi connectivity index (χ1v) is 6.59. The molecule has 14 heavy (non-hydrogen) atoms. The summed E-state index contributed by atoms with van der Waals surface area (Å²) in [6, 6.07) is 0. The molecular weight excluding hydrogens is 240 g/mol. The molecule has 0 aromatic heterocycles. The summed E-state index contributed by atoms with van der Waals surface area (Å²) in [5.41, 5.74) is 0.632. The van der Waals surface area contributed by atoms with Crippen LogP contribution in [-0.2, 0) is 0 Å². The molecule has 0 aliphatic heterocycles. The Labute approximate surface area is 96.8 Å². The molecule has 3 heteroatoms. The maximum atomic E-state index is 3.62. The fraction of sp³-hybridized carbons (Fsp3) is 1.00. The van der Waals surface area contributed by atoms with E-state index < -0.39 is 0 Å². The minimum atomic E-state index is 0.632. The van der Waals surface area contributed by atoms with E-state index in [9.17, 15) is 0 Å². The maximum absolute atomic E-state index is 3.62. The zero-order valence-electron chi connectivity index (χ0n) is 9.72. The summed E-state index contributed by atoms with van der Waals surface area (Å²) >= 11 is 3.62. The molecule has 0 spiro atoms. The fourth-order valence-electron chi connectivity index (χ4n) is 1.82. The van der Waals surface area contributed by atoms with E-state index >= 15 is 0 Å².